The van der Waals surface area contributed by atoms with Crippen molar-refractivity contribution in [3.63, 3.8) is 0 Å². The number of nitrogens with zero attached hydrogens (tertiary/aromatic N) is 2. The molecule has 0 aliphatic carbocycles. The largest absolute Gasteiger partial charge is 0.464 e. The third-order valence-electron chi connectivity index (χ3n) is 2.67. The Hall–Kier alpha value is -2.96. The SMILES string of the molecule is COC(=O)c1cccn1C(=O)c1cccc([N+](=O)[O-])c1. The minimum Gasteiger partial charge on any atom is -0.464 e. The molecular weight excluding hydrogens is 264 g/mol. The molecule has 7 heteroatoms. The lowest BCUT2D eigenvalue weighted by atomic mass is 10.2. The van der Waals surface area contributed by atoms with Gasteiger partial charge in [-0.25, -0.2) is 4.79 Å². The maximum Gasteiger partial charge on any atom is 0.355 e. The van der Waals surface area contributed by atoms with Crippen LogP contribution < -0.4 is 0 Å². The minimum absolute atomic E-state index is 0.0593. The molecule has 1 heterocycles. The number of nitro groups is 1. The van der Waals surface area contributed by atoms with E-state index in [-0.39, 0.29) is 16.9 Å². The second-order valence-corrected chi connectivity index (χ2v) is 3.87. The fraction of sp³-hybridized carbons (Fsp3) is 0.0769. The number of hydrogen-bond donors (Lipinski definition) is 0. The molecule has 0 aliphatic rings. The van der Waals surface area contributed by atoms with Gasteiger partial charge in [0, 0.05) is 23.9 Å². The molecule has 0 bridgehead atoms. The highest BCUT2D eigenvalue weighted by Crippen LogP contribution is 2.15. The molecule has 2 aromatic rings. The van der Waals surface area contributed by atoms with Crippen molar-refractivity contribution in [2.75, 3.05) is 7.11 Å². The normalized spacial score (nSPS) is 10.1. The molecule has 1 aromatic heterocycles. The van der Waals surface area contributed by atoms with E-state index in [0.29, 0.717) is 0 Å². The predicted octanol–water partition coefficient (Wildman–Crippen LogP) is 1.87. The Morgan fingerprint density at radius 3 is 2.65 bits per heavy atom. The summed E-state index contributed by atoms with van der Waals surface area (Å²) >= 11 is 0. The van der Waals surface area contributed by atoms with Crippen LogP contribution in [0.15, 0.2) is 42.6 Å². The summed E-state index contributed by atoms with van der Waals surface area (Å²) in [5.41, 5.74) is -0.0211. The summed E-state index contributed by atoms with van der Waals surface area (Å²) in [5, 5.41) is 10.7. The number of carbonyl (C=O) groups is 2. The Labute approximate surface area is 113 Å². The van der Waals surface area contributed by atoms with Gasteiger partial charge in [0.05, 0.1) is 12.0 Å². The van der Waals surface area contributed by atoms with Gasteiger partial charge in [0.15, 0.2) is 0 Å². The van der Waals surface area contributed by atoms with Crippen LogP contribution in [-0.4, -0.2) is 28.5 Å². The lowest BCUT2D eigenvalue weighted by Gasteiger charge is -2.06. The van der Waals surface area contributed by atoms with E-state index in [1.54, 1.807) is 0 Å². The van der Waals surface area contributed by atoms with E-state index in [1.165, 1.54) is 43.6 Å². The quantitative estimate of drug-likeness (QED) is 0.484. The average molecular weight is 274 g/mol. The van der Waals surface area contributed by atoms with Gasteiger partial charge in [0.2, 0.25) is 0 Å². The first-order valence-electron chi connectivity index (χ1n) is 5.59. The molecule has 0 atom stereocenters. The standard InChI is InChI=1S/C13H10N2O5/c1-20-13(17)11-6-3-7-14(11)12(16)9-4-2-5-10(8-9)15(18)19/h2-8H,1H3. The zero-order chi connectivity index (χ0) is 14.7. The average Bonchev–Trinajstić information content (AvgIpc) is 2.95. The first-order valence-corrected chi connectivity index (χ1v) is 5.59. The van der Waals surface area contributed by atoms with Gasteiger partial charge in [0.25, 0.3) is 11.6 Å². The summed E-state index contributed by atoms with van der Waals surface area (Å²) in [5.74, 6) is -1.20. The summed E-state index contributed by atoms with van der Waals surface area (Å²) < 4.78 is 5.65. The van der Waals surface area contributed by atoms with Gasteiger partial charge in [-0.05, 0) is 18.2 Å². The molecule has 0 saturated carbocycles. The van der Waals surface area contributed by atoms with Crippen LogP contribution in [0.25, 0.3) is 0 Å². The van der Waals surface area contributed by atoms with E-state index in [1.807, 2.05) is 0 Å². The van der Waals surface area contributed by atoms with Gasteiger partial charge in [-0.1, -0.05) is 6.07 Å². The highest BCUT2D eigenvalue weighted by Gasteiger charge is 2.18. The van der Waals surface area contributed by atoms with Crippen molar-refractivity contribution in [2.24, 2.45) is 0 Å². The van der Waals surface area contributed by atoms with Gasteiger partial charge in [-0.2, -0.15) is 0 Å². The van der Waals surface area contributed by atoms with Crippen LogP contribution in [0.3, 0.4) is 0 Å². The molecule has 0 saturated heterocycles. The van der Waals surface area contributed by atoms with Crippen LogP contribution in [0, 0.1) is 10.1 Å². The number of nitro benzene ring substituents is 1. The van der Waals surface area contributed by atoms with Crippen molar-refractivity contribution in [3.8, 4) is 0 Å². The van der Waals surface area contributed by atoms with Crippen molar-refractivity contribution >= 4 is 17.6 Å². The molecule has 2 rings (SSSR count). The van der Waals surface area contributed by atoms with Gasteiger partial charge in [-0.3, -0.25) is 19.5 Å². The first kappa shape index (κ1) is 13.5. The second-order valence-electron chi connectivity index (χ2n) is 3.87. The molecule has 20 heavy (non-hydrogen) atoms. The summed E-state index contributed by atoms with van der Waals surface area (Å²) in [4.78, 5) is 33.9. The first-order chi connectivity index (χ1) is 9.54. The zero-order valence-corrected chi connectivity index (χ0v) is 10.5. The molecule has 0 fully saturated rings. The smallest absolute Gasteiger partial charge is 0.355 e. The molecule has 0 unspecified atom stereocenters. The number of methoxy groups -OCH3 is 1. The number of hydrogen-bond acceptors (Lipinski definition) is 5. The maximum absolute atomic E-state index is 12.3. The second kappa shape index (κ2) is 5.35. The topological polar surface area (TPSA) is 91.4 Å². The van der Waals surface area contributed by atoms with Crippen LogP contribution in [0.1, 0.15) is 20.8 Å². The molecule has 102 valence electrons. The van der Waals surface area contributed by atoms with Crippen molar-refractivity contribution in [2.45, 2.75) is 0 Å². The number of esters is 1. The predicted molar refractivity (Wildman–Crippen MR) is 68.6 cm³/mol. The summed E-state index contributed by atoms with van der Waals surface area (Å²) in [6.45, 7) is 0. The van der Waals surface area contributed by atoms with Crippen LogP contribution in [0.4, 0.5) is 5.69 Å². The van der Waals surface area contributed by atoms with Crippen molar-refractivity contribution < 1.29 is 19.2 Å². The fourth-order valence-corrected chi connectivity index (χ4v) is 1.72. The molecular formula is C13H10N2O5. The Morgan fingerprint density at radius 2 is 2.00 bits per heavy atom. The number of non-ortho nitro benzene ring substituents is 1. The molecule has 7 nitrogen and oxygen atoms in total. The number of benzene rings is 1. The summed E-state index contributed by atoms with van der Waals surface area (Å²) in [6.07, 6.45) is 1.40. The van der Waals surface area contributed by atoms with Crippen LogP contribution in [0.2, 0.25) is 0 Å². The Kier molecular flexibility index (Phi) is 3.60. The highest BCUT2D eigenvalue weighted by atomic mass is 16.6. The summed E-state index contributed by atoms with van der Waals surface area (Å²) in [6, 6.07) is 8.24. The Morgan fingerprint density at radius 1 is 1.25 bits per heavy atom. The minimum atomic E-state index is -0.659. The molecule has 1 aromatic carbocycles. The number of aromatic nitrogens is 1. The number of ether oxygens (including phenoxy) is 1. The van der Waals surface area contributed by atoms with Gasteiger partial charge in [0.1, 0.15) is 5.69 Å². The van der Waals surface area contributed by atoms with Gasteiger partial charge in [-0.15, -0.1) is 0 Å². The van der Waals surface area contributed by atoms with Crippen molar-refractivity contribution in [1.82, 2.24) is 4.57 Å². The van der Waals surface area contributed by atoms with Crippen LogP contribution >= 0.6 is 0 Å². The zero-order valence-electron chi connectivity index (χ0n) is 10.5. The lowest BCUT2D eigenvalue weighted by Crippen LogP contribution is -2.18. The third-order valence-corrected chi connectivity index (χ3v) is 2.67. The van der Waals surface area contributed by atoms with E-state index in [0.717, 1.165) is 10.6 Å². The van der Waals surface area contributed by atoms with E-state index in [9.17, 15) is 19.7 Å². The summed E-state index contributed by atoms with van der Waals surface area (Å²) in [7, 11) is 1.21. The Balaban J connectivity index is 2.42. The number of rotatable bonds is 3. The monoisotopic (exact) mass is 274 g/mol. The molecule has 0 N–H and O–H groups in total. The fourth-order valence-electron chi connectivity index (χ4n) is 1.72. The molecule has 0 amide bonds. The van der Waals surface area contributed by atoms with E-state index < -0.39 is 16.8 Å². The van der Waals surface area contributed by atoms with E-state index in [4.69, 9.17) is 0 Å². The maximum atomic E-state index is 12.3. The van der Waals surface area contributed by atoms with E-state index >= 15 is 0 Å². The molecule has 0 radical (unpaired) electrons. The van der Waals surface area contributed by atoms with Crippen molar-refractivity contribution in [3.05, 3.63) is 64.0 Å². The van der Waals surface area contributed by atoms with Gasteiger partial charge >= 0.3 is 5.97 Å². The van der Waals surface area contributed by atoms with Crippen LogP contribution in [-0.2, 0) is 4.74 Å². The lowest BCUT2D eigenvalue weighted by molar-refractivity contribution is -0.384. The van der Waals surface area contributed by atoms with E-state index in [2.05, 4.69) is 4.74 Å². The number of carbonyl (C=O) groups excluding carboxylic acids is 2. The molecule has 0 aliphatic heterocycles. The highest BCUT2D eigenvalue weighted by molar-refractivity contribution is 6.01. The Bertz CT molecular complexity index is 690. The van der Waals surface area contributed by atoms with Crippen LogP contribution in [0.5, 0.6) is 0 Å². The molecule has 0 spiro atoms. The van der Waals surface area contributed by atoms with Gasteiger partial charge < -0.3 is 4.74 Å². The van der Waals surface area contributed by atoms with Crippen molar-refractivity contribution in [1.29, 1.82) is 0 Å². The third kappa shape index (κ3) is 2.41.